The first kappa shape index (κ1) is 8.97. The maximum Gasteiger partial charge on any atom is 0.146 e. The molecule has 1 nitrogen and oxygen atoms in total. The maximum absolute atomic E-state index is 13.4. The van der Waals surface area contributed by atoms with Crippen molar-refractivity contribution in [3.05, 3.63) is 34.6 Å². The maximum atomic E-state index is 13.4. The highest BCUT2D eigenvalue weighted by Gasteiger charge is 2.16. The normalized spacial score (nSPS) is 17.1. The van der Waals surface area contributed by atoms with Gasteiger partial charge < -0.3 is 0 Å². The van der Waals surface area contributed by atoms with E-state index >= 15 is 0 Å². The predicted octanol–water partition coefficient (Wildman–Crippen LogP) is 2.68. The standard InChI is InChI=1S/C10H11ClFN/c11-9-4-1-3-8(10(9)12)7-13-5-2-6-13/h1,3-4H,2,5-7H2. The van der Waals surface area contributed by atoms with Gasteiger partial charge in [0.15, 0.2) is 0 Å². The third-order valence-electron chi connectivity index (χ3n) is 2.37. The van der Waals surface area contributed by atoms with Crippen molar-refractivity contribution in [2.75, 3.05) is 13.1 Å². The Morgan fingerprint density at radius 3 is 2.77 bits per heavy atom. The molecule has 0 aromatic heterocycles. The Kier molecular flexibility index (Phi) is 2.51. The van der Waals surface area contributed by atoms with E-state index in [9.17, 15) is 4.39 Å². The summed E-state index contributed by atoms with van der Waals surface area (Å²) < 4.78 is 13.4. The molecule has 0 N–H and O–H groups in total. The van der Waals surface area contributed by atoms with Crippen molar-refractivity contribution in [2.24, 2.45) is 0 Å². The van der Waals surface area contributed by atoms with Gasteiger partial charge in [-0.05, 0) is 25.6 Å². The molecule has 1 fully saturated rings. The zero-order valence-corrected chi connectivity index (χ0v) is 8.02. The molecule has 1 heterocycles. The lowest BCUT2D eigenvalue weighted by Gasteiger charge is -2.30. The lowest BCUT2D eigenvalue weighted by Crippen LogP contribution is -2.36. The summed E-state index contributed by atoms with van der Waals surface area (Å²) in [5.74, 6) is -0.268. The highest BCUT2D eigenvalue weighted by Crippen LogP contribution is 2.20. The van der Waals surface area contributed by atoms with Crippen molar-refractivity contribution in [3.8, 4) is 0 Å². The molecule has 1 aromatic rings. The van der Waals surface area contributed by atoms with Gasteiger partial charge in [-0.1, -0.05) is 23.7 Å². The van der Waals surface area contributed by atoms with Gasteiger partial charge in [-0.2, -0.15) is 0 Å². The average molecular weight is 200 g/mol. The molecule has 0 atom stereocenters. The summed E-state index contributed by atoms with van der Waals surface area (Å²) in [5, 5.41) is 0.220. The van der Waals surface area contributed by atoms with Crippen LogP contribution in [0, 0.1) is 5.82 Å². The molecular weight excluding hydrogens is 189 g/mol. The van der Waals surface area contributed by atoms with E-state index in [0.717, 1.165) is 13.1 Å². The first-order chi connectivity index (χ1) is 6.27. The number of likely N-dealkylation sites (tertiary alicyclic amines) is 1. The summed E-state index contributed by atoms with van der Waals surface area (Å²) in [6.07, 6.45) is 1.22. The second-order valence-electron chi connectivity index (χ2n) is 3.34. The van der Waals surface area contributed by atoms with Gasteiger partial charge in [0, 0.05) is 12.1 Å². The van der Waals surface area contributed by atoms with Crippen LogP contribution in [0.5, 0.6) is 0 Å². The van der Waals surface area contributed by atoms with E-state index in [4.69, 9.17) is 11.6 Å². The van der Waals surface area contributed by atoms with E-state index in [1.54, 1.807) is 18.2 Å². The molecule has 70 valence electrons. The Balaban J connectivity index is 2.14. The SMILES string of the molecule is Fc1c(Cl)cccc1CN1CCC1. The van der Waals surface area contributed by atoms with Crippen LogP contribution >= 0.6 is 11.6 Å². The molecule has 13 heavy (non-hydrogen) atoms. The monoisotopic (exact) mass is 199 g/mol. The van der Waals surface area contributed by atoms with E-state index in [1.165, 1.54) is 6.42 Å². The van der Waals surface area contributed by atoms with Crippen molar-refractivity contribution in [2.45, 2.75) is 13.0 Å². The molecule has 1 aliphatic rings. The predicted molar refractivity (Wildman–Crippen MR) is 51.3 cm³/mol. The van der Waals surface area contributed by atoms with Crippen molar-refractivity contribution in [1.29, 1.82) is 0 Å². The van der Waals surface area contributed by atoms with Crippen molar-refractivity contribution >= 4 is 11.6 Å². The van der Waals surface area contributed by atoms with Crippen molar-refractivity contribution in [3.63, 3.8) is 0 Å². The number of nitrogens with zero attached hydrogens (tertiary/aromatic N) is 1. The van der Waals surface area contributed by atoms with E-state index < -0.39 is 0 Å². The van der Waals surface area contributed by atoms with Gasteiger partial charge >= 0.3 is 0 Å². The first-order valence-electron chi connectivity index (χ1n) is 4.42. The lowest BCUT2D eigenvalue weighted by atomic mass is 10.1. The van der Waals surface area contributed by atoms with Crippen LogP contribution in [-0.2, 0) is 6.54 Å². The second-order valence-corrected chi connectivity index (χ2v) is 3.75. The van der Waals surface area contributed by atoms with Gasteiger partial charge in [-0.25, -0.2) is 4.39 Å². The Bertz CT molecular complexity index is 310. The third-order valence-corrected chi connectivity index (χ3v) is 2.67. The largest absolute Gasteiger partial charge is 0.299 e. The van der Waals surface area contributed by atoms with Crippen LogP contribution < -0.4 is 0 Å². The van der Waals surface area contributed by atoms with Gasteiger partial charge in [0.1, 0.15) is 5.82 Å². The topological polar surface area (TPSA) is 3.24 Å². The van der Waals surface area contributed by atoms with Gasteiger partial charge in [-0.3, -0.25) is 4.90 Å². The molecular formula is C10H11ClFN. The van der Waals surface area contributed by atoms with Gasteiger partial charge in [0.25, 0.3) is 0 Å². The van der Waals surface area contributed by atoms with E-state index in [1.807, 2.05) is 0 Å². The van der Waals surface area contributed by atoms with Crippen LogP contribution in [0.3, 0.4) is 0 Å². The molecule has 0 radical (unpaired) electrons. The number of rotatable bonds is 2. The number of halogens is 2. The Hall–Kier alpha value is -0.600. The Morgan fingerprint density at radius 1 is 1.38 bits per heavy atom. The Labute approximate surface area is 82.1 Å². The summed E-state index contributed by atoms with van der Waals surface area (Å²) in [4.78, 5) is 2.20. The van der Waals surface area contributed by atoms with Crippen LogP contribution in [0.2, 0.25) is 5.02 Å². The molecule has 0 bridgehead atoms. The summed E-state index contributed by atoms with van der Waals surface area (Å²) in [5.41, 5.74) is 0.701. The minimum absolute atomic E-state index is 0.220. The fraction of sp³-hybridized carbons (Fsp3) is 0.400. The molecule has 2 rings (SSSR count). The second kappa shape index (κ2) is 3.64. The molecule has 1 aromatic carbocycles. The minimum Gasteiger partial charge on any atom is -0.299 e. The van der Waals surface area contributed by atoms with Crippen LogP contribution in [0.1, 0.15) is 12.0 Å². The lowest BCUT2D eigenvalue weighted by molar-refractivity contribution is 0.170. The average Bonchev–Trinajstić information content (AvgIpc) is 2.04. The highest BCUT2D eigenvalue weighted by molar-refractivity contribution is 6.30. The molecule has 0 unspecified atom stereocenters. The quantitative estimate of drug-likeness (QED) is 0.708. The zero-order chi connectivity index (χ0) is 9.26. The molecule has 0 aliphatic carbocycles. The Morgan fingerprint density at radius 2 is 2.15 bits per heavy atom. The molecule has 3 heteroatoms. The smallest absolute Gasteiger partial charge is 0.146 e. The third kappa shape index (κ3) is 1.84. The molecule has 0 amide bonds. The van der Waals surface area contributed by atoms with Crippen LogP contribution in [-0.4, -0.2) is 18.0 Å². The number of benzene rings is 1. The van der Waals surface area contributed by atoms with Gasteiger partial charge in [0.05, 0.1) is 5.02 Å². The summed E-state index contributed by atoms with van der Waals surface area (Å²) in [7, 11) is 0. The summed E-state index contributed by atoms with van der Waals surface area (Å²) in [6.45, 7) is 2.84. The van der Waals surface area contributed by atoms with Crippen molar-refractivity contribution < 1.29 is 4.39 Å². The molecule has 0 saturated carbocycles. The van der Waals surface area contributed by atoms with Crippen molar-refractivity contribution in [1.82, 2.24) is 4.90 Å². The fourth-order valence-corrected chi connectivity index (χ4v) is 1.65. The highest BCUT2D eigenvalue weighted by atomic mass is 35.5. The summed E-state index contributed by atoms with van der Waals surface area (Å²) >= 11 is 5.66. The fourth-order valence-electron chi connectivity index (χ4n) is 1.45. The minimum atomic E-state index is -0.268. The molecule has 1 aliphatic heterocycles. The van der Waals surface area contributed by atoms with E-state index in [0.29, 0.717) is 12.1 Å². The van der Waals surface area contributed by atoms with Crippen LogP contribution in [0.15, 0.2) is 18.2 Å². The molecule has 0 spiro atoms. The molecule has 1 saturated heterocycles. The van der Waals surface area contributed by atoms with Gasteiger partial charge in [0.2, 0.25) is 0 Å². The number of hydrogen-bond acceptors (Lipinski definition) is 1. The van der Waals surface area contributed by atoms with Gasteiger partial charge in [-0.15, -0.1) is 0 Å². The van der Waals surface area contributed by atoms with E-state index in [2.05, 4.69) is 4.90 Å². The van der Waals surface area contributed by atoms with Crippen LogP contribution in [0.4, 0.5) is 4.39 Å². The van der Waals surface area contributed by atoms with E-state index in [-0.39, 0.29) is 10.8 Å². The first-order valence-corrected chi connectivity index (χ1v) is 4.80. The summed E-state index contributed by atoms with van der Waals surface area (Å²) in [6, 6.07) is 5.16. The number of hydrogen-bond donors (Lipinski definition) is 0. The van der Waals surface area contributed by atoms with Crippen LogP contribution in [0.25, 0.3) is 0 Å². The zero-order valence-electron chi connectivity index (χ0n) is 7.26.